The molecule has 2 aromatic rings. The summed E-state index contributed by atoms with van der Waals surface area (Å²) in [5, 5.41) is 4.53. The van der Waals surface area contributed by atoms with Crippen LogP contribution in [0.3, 0.4) is 0 Å². The molecule has 0 aliphatic rings. The molecular weight excluding hydrogens is 306 g/mol. The Labute approximate surface area is 134 Å². The van der Waals surface area contributed by atoms with Gasteiger partial charge in [-0.25, -0.2) is 9.69 Å². The number of carbonyl (C=O) groups is 1. The van der Waals surface area contributed by atoms with Crippen LogP contribution in [0, 0.1) is 6.92 Å². The van der Waals surface area contributed by atoms with Crippen LogP contribution in [0.15, 0.2) is 22.7 Å². The van der Waals surface area contributed by atoms with E-state index in [0.717, 1.165) is 11.1 Å². The Balaban J connectivity index is 2.22. The van der Waals surface area contributed by atoms with Gasteiger partial charge in [0.05, 0.1) is 0 Å². The van der Waals surface area contributed by atoms with Crippen molar-refractivity contribution in [1.82, 2.24) is 10.1 Å². The zero-order chi connectivity index (χ0) is 16.5. The highest BCUT2D eigenvalue weighted by Crippen LogP contribution is 2.25. The quantitative estimate of drug-likeness (QED) is 0.833. The Morgan fingerprint density at radius 3 is 2.64 bits per heavy atom. The van der Waals surface area contributed by atoms with Gasteiger partial charge in [0.25, 0.3) is 0 Å². The van der Waals surface area contributed by atoms with Gasteiger partial charge in [0.15, 0.2) is 0 Å². The number of carbonyl (C=O) groups excluding carboxylic acids is 1. The zero-order valence-corrected chi connectivity index (χ0v) is 13.9. The lowest BCUT2D eigenvalue weighted by Gasteiger charge is -2.22. The van der Waals surface area contributed by atoms with Crippen LogP contribution in [0.5, 0.6) is 0 Å². The maximum absolute atomic E-state index is 12.0. The average Bonchev–Trinajstić information content (AvgIpc) is 2.85. The van der Waals surface area contributed by atoms with E-state index in [1.54, 1.807) is 32.9 Å². The molecule has 0 aliphatic carbocycles. The fourth-order valence-electron chi connectivity index (χ4n) is 1.75. The third-order valence-corrected chi connectivity index (χ3v) is 3.03. The second kappa shape index (κ2) is 5.96. The molecule has 22 heavy (non-hydrogen) atoms. The predicted octanol–water partition coefficient (Wildman–Crippen LogP) is 4.07. The molecule has 0 N–H and O–H groups in total. The number of halogens is 1. The van der Waals surface area contributed by atoms with Crippen LogP contribution in [0.2, 0.25) is 5.02 Å². The Morgan fingerprint density at radius 2 is 2.05 bits per heavy atom. The molecule has 7 heteroatoms. The number of amides is 1. The van der Waals surface area contributed by atoms with E-state index < -0.39 is 11.7 Å². The second-order valence-electron chi connectivity index (χ2n) is 5.90. The summed E-state index contributed by atoms with van der Waals surface area (Å²) in [4.78, 5) is 17.4. The summed E-state index contributed by atoms with van der Waals surface area (Å²) in [6.07, 6.45) is -0.560. The van der Waals surface area contributed by atoms with Crippen molar-refractivity contribution in [2.45, 2.75) is 33.3 Å². The molecule has 0 atom stereocenters. The van der Waals surface area contributed by atoms with Crippen molar-refractivity contribution in [2.24, 2.45) is 0 Å². The molecule has 0 saturated carbocycles. The summed E-state index contributed by atoms with van der Waals surface area (Å²) in [6, 6.07) is 5.43. The van der Waals surface area contributed by atoms with Gasteiger partial charge in [-0.2, -0.15) is 4.98 Å². The molecule has 0 saturated heterocycles. The monoisotopic (exact) mass is 323 g/mol. The maximum atomic E-state index is 12.0. The molecular formula is C15H18ClN3O3. The Hall–Kier alpha value is -2.08. The van der Waals surface area contributed by atoms with Gasteiger partial charge >= 0.3 is 12.1 Å². The molecule has 0 fully saturated rings. The summed E-state index contributed by atoms with van der Waals surface area (Å²) in [6.45, 7) is 7.26. The molecule has 0 unspecified atom stereocenters. The average molecular weight is 324 g/mol. The van der Waals surface area contributed by atoms with Crippen molar-refractivity contribution in [3.05, 3.63) is 28.8 Å². The van der Waals surface area contributed by atoms with Crippen molar-refractivity contribution < 1.29 is 14.1 Å². The Morgan fingerprint density at radius 1 is 1.36 bits per heavy atom. The minimum atomic E-state index is -0.596. The molecule has 0 spiro atoms. The SMILES string of the molecule is Cc1cc(Cl)ccc1-c1noc(N(C)C(=O)OC(C)(C)C)n1. The standard InChI is InChI=1S/C15H18ClN3O3/c1-9-8-10(16)6-7-11(9)12-17-13(22-18-12)19(5)14(20)21-15(2,3)4/h6-8H,1-5H3. The Kier molecular flexibility index (Phi) is 4.42. The van der Waals surface area contributed by atoms with Crippen LogP contribution in [-0.2, 0) is 4.74 Å². The van der Waals surface area contributed by atoms with Gasteiger partial charge in [-0.05, 0) is 51.5 Å². The normalized spacial score (nSPS) is 11.4. The Bertz CT molecular complexity index is 692. The fraction of sp³-hybridized carbons (Fsp3) is 0.400. The first-order valence-corrected chi connectivity index (χ1v) is 7.12. The zero-order valence-electron chi connectivity index (χ0n) is 13.2. The highest BCUT2D eigenvalue weighted by Gasteiger charge is 2.24. The van der Waals surface area contributed by atoms with Crippen molar-refractivity contribution in [3.8, 4) is 11.4 Å². The molecule has 1 amide bonds. The number of rotatable bonds is 2. The lowest BCUT2D eigenvalue weighted by molar-refractivity contribution is 0.0580. The lowest BCUT2D eigenvalue weighted by atomic mass is 10.1. The molecule has 2 rings (SSSR count). The number of nitrogens with zero attached hydrogens (tertiary/aromatic N) is 3. The van der Waals surface area contributed by atoms with Gasteiger partial charge in [-0.15, -0.1) is 0 Å². The van der Waals surface area contributed by atoms with E-state index in [1.807, 2.05) is 13.0 Å². The van der Waals surface area contributed by atoms with Gasteiger partial charge in [-0.1, -0.05) is 16.8 Å². The smallest absolute Gasteiger partial charge is 0.418 e. The van der Waals surface area contributed by atoms with Gasteiger partial charge in [0.2, 0.25) is 5.82 Å². The van der Waals surface area contributed by atoms with Crippen LogP contribution in [0.1, 0.15) is 26.3 Å². The number of aryl methyl sites for hydroxylation is 1. The summed E-state index contributed by atoms with van der Waals surface area (Å²) >= 11 is 5.93. The molecule has 0 aliphatic heterocycles. The summed E-state index contributed by atoms with van der Waals surface area (Å²) in [7, 11) is 1.51. The summed E-state index contributed by atoms with van der Waals surface area (Å²) < 4.78 is 10.4. The summed E-state index contributed by atoms with van der Waals surface area (Å²) in [5.74, 6) is 0.388. The van der Waals surface area contributed by atoms with Gasteiger partial charge in [-0.3, -0.25) is 0 Å². The minimum absolute atomic E-state index is 0.0681. The molecule has 6 nitrogen and oxygen atoms in total. The third kappa shape index (κ3) is 3.76. The lowest BCUT2D eigenvalue weighted by Crippen LogP contribution is -2.34. The maximum Gasteiger partial charge on any atom is 0.418 e. The molecule has 1 aromatic heterocycles. The topological polar surface area (TPSA) is 68.5 Å². The molecule has 118 valence electrons. The van der Waals surface area contributed by atoms with Crippen molar-refractivity contribution in [1.29, 1.82) is 0 Å². The predicted molar refractivity (Wildman–Crippen MR) is 84.1 cm³/mol. The van der Waals surface area contributed by atoms with Crippen LogP contribution in [0.25, 0.3) is 11.4 Å². The largest absolute Gasteiger partial charge is 0.443 e. The first kappa shape index (κ1) is 16.3. The number of ether oxygens (including phenoxy) is 1. The van der Waals surface area contributed by atoms with Crippen LogP contribution < -0.4 is 4.90 Å². The first-order valence-electron chi connectivity index (χ1n) is 6.74. The van der Waals surface area contributed by atoms with Gasteiger partial charge in [0, 0.05) is 17.6 Å². The van der Waals surface area contributed by atoms with Gasteiger partial charge < -0.3 is 9.26 Å². The molecule has 0 radical (unpaired) electrons. The number of benzene rings is 1. The highest BCUT2D eigenvalue weighted by atomic mass is 35.5. The van der Waals surface area contributed by atoms with Crippen molar-refractivity contribution >= 4 is 23.7 Å². The van der Waals surface area contributed by atoms with E-state index >= 15 is 0 Å². The third-order valence-electron chi connectivity index (χ3n) is 2.80. The molecule has 0 bridgehead atoms. The first-order chi connectivity index (χ1) is 10.2. The highest BCUT2D eigenvalue weighted by molar-refractivity contribution is 6.30. The van der Waals surface area contributed by atoms with Crippen LogP contribution in [-0.4, -0.2) is 28.9 Å². The number of hydrogen-bond acceptors (Lipinski definition) is 5. The number of hydrogen-bond donors (Lipinski definition) is 0. The van der Waals surface area contributed by atoms with E-state index in [9.17, 15) is 4.79 Å². The summed E-state index contributed by atoms with van der Waals surface area (Å²) in [5.41, 5.74) is 1.11. The van der Waals surface area contributed by atoms with Crippen molar-refractivity contribution in [3.63, 3.8) is 0 Å². The van der Waals surface area contributed by atoms with E-state index in [2.05, 4.69) is 10.1 Å². The number of aromatic nitrogens is 2. The number of anilines is 1. The van der Waals surface area contributed by atoms with E-state index in [1.165, 1.54) is 11.9 Å². The second-order valence-corrected chi connectivity index (χ2v) is 6.34. The molecule has 1 heterocycles. The van der Waals surface area contributed by atoms with Crippen LogP contribution >= 0.6 is 11.6 Å². The van der Waals surface area contributed by atoms with Crippen molar-refractivity contribution in [2.75, 3.05) is 11.9 Å². The van der Waals surface area contributed by atoms with Crippen LogP contribution in [0.4, 0.5) is 10.8 Å². The van der Waals surface area contributed by atoms with E-state index in [0.29, 0.717) is 10.8 Å². The van der Waals surface area contributed by atoms with Gasteiger partial charge in [0.1, 0.15) is 5.60 Å². The minimum Gasteiger partial charge on any atom is -0.443 e. The van der Waals surface area contributed by atoms with E-state index in [-0.39, 0.29) is 6.01 Å². The molecule has 1 aromatic carbocycles. The van der Waals surface area contributed by atoms with E-state index in [4.69, 9.17) is 20.9 Å². The fourth-order valence-corrected chi connectivity index (χ4v) is 1.97.